The maximum absolute atomic E-state index is 6.11. The molecule has 0 amide bonds. The molecule has 0 aliphatic rings. The molecule has 15 heavy (non-hydrogen) atoms. The SMILES string of the molecule is NCCc1[nH]c2c(Cl)c(Cl)ccc2c1I. The second-order valence-corrected chi connectivity index (χ2v) is 5.10. The van der Waals surface area contributed by atoms with Crippen molar-refractivity contribution in [2.75, 3.05) is 6.54 Å². The summed E-state index contributed by atoms with van der Waals surface area (Å²) < 4.78 is 1.17. The minimum Gasteiger partial charge on any atom is -0.356 e. The van der Waals surface area contributed by atoms with Crippen molar-refractivity contribution in [2.45, 2.75) is 6.42 Å². The Hall–Kier alpha value is 0.0300. The van der Waals surface area contributed by atoms with Crippen molar-refractivity contribution in [1.82, 2.24) is 4.98 Å². The topological polar surface area (TPSA) is 41.8 Å². The van der Waals surface area contributed by atoms with Crippen molar-refractivity contribution in [2.24, 2.45) is 5.73 Å². The first-order chi connectivity index (χ1) is 7.15. The number of nitrogens with one attached hydrogen (secondary N) is 1. The summed E-state index contributed by atoms with van der Waals surface area (Å²) in [6.45, 7) is 0.619. The zero-order valence-electron chi connectivity index (χ0n) is 7.78. The summed E-state index contributed by atoms with van der Waals surface area (Å²) in [6.07, 6.45) is 0.820. The van der Waals surface area contributed by atoms with Crippen LogP contribution in [0.15, 0.2) is 12.1 Å². The highest BCUT2D eigenvalue weighted by Crippen LogP contribution is 2.34. The Morgan fingerprint density at radius 2 is 2.07 bits per heavy atom. The molecule has 0 aliphatic carbocycles. The summed E-state index contributed by atoms with van der Waals surface area (Å²) in [5, 5.41) is 2.25. The molecule has 0 spiro atoms. The normalized spacial score (nSPS) is 11.2. The number of hydrogen-bond acceptors (Lipinski definition) is 1. The minimum atomic E-state index is 0.570. The third kappa shape index (κ3) is 1.98. The lowest BCUT2D eigenvalue weighted by Gasteiger charge is -1.96. The molecule has 1 aromatic carbocycles. The van der Waals surface area contributed by atoms with Crippen molar-refractivity contribution < 1.29 is 0 Å². The number of H-pyrrole nitrogens is 1. The summed E-state index contributed by atoms with van der Waals surface area (Å²) in [7, 11) is 0. The first-order valence-electron chi connectivity index (χ1n) is 4.49. The van der Waals surface area contributed by atoms with Gasteiger partial charge in [0.05, 0.1) is 15.6 Å². The molecule has 0 aliphatic heterocycles. The van der Waals surface area contributed by atoms with Gasteiger partial charge in [-0.1, -0.05) is 29.3 Å². The van der Waals surface area contributed by atoms with Crippen LogP contribution >= 0.6 is 45.8 Å². The van der Waals surface area contributed by atoms with Gasteiger partial charge in [-0.25, -0.2) is 0 Å². The Kier molecular flexibility index (Phi) is 3.45. The molecule has 2 nitrogen and oxygen atoms in total. The van der Waals surface area contributed by atoms with E-state index in [1.54, 1.807) is 0 Å². The summed E-state index contributed by atoms with van der Waals surface area (Å²) in [4.78, 5) is 3.27. The van der Waals surface area contributed by atoms with Crippen molar-refractivity contribution in [3.63, 3.8) is 0 Å². The Bertz CT molecular complexity index is 508. The van der Waals surface area contributed by atoms with Crippen LogP contribution < -0.4 is 5.73 Å². The highest BCUT2D eigenvalue weighted by Gasteiger charge is 2.12. The third-order valence-electron chi connectivity index (χ3n) is 2.27. The van der Waals surface area contributed by atoms with Gasteiger partial charge in [-0.2, -0.15) is 0 Å². The highest BCUT2D eigenvalue weighted by atomic mass is 127. The van der Waals surface area contributed by atoms with Crippen LogP contribution in [0.1, 0.15) is 5.69 Å². The van der Waals surface area contributed by atoms with E-state index < -0.39 is 0 Å². The Labute approximate surface area is 111 Å². The van der Waals surface area contributed by atoms with Crippen LogP contribution in [0, 0.1) is 3.57 Å². The van der Waals surface area contributed by atoms with Crippen LogP contribution in [-0.4, -0.2) is 11.5 Å². The Morgan fingerprint density at radius 3 is 2.73 bits per heavy atom. The van der Waals surface area contributed by atoms with E-state index in [9.17, 15) is 0 Å². The quantitative estimate of drug-likeness (QED) is 0.795. The average molecular weight is 355 g/mol. The molecule has 0 radical (unpaired) electrons. The van der Waals surface area contributed by atoms with Gasteiger partial charge < -0.3 is 10.7 Å². The van der Waals surface area contributed by atoms with E-state index in [1.807, 2.05) is 12.1 Å². The molecule has 1 aromatic heterocycles. The summed E-state index contributed by atoms with van der Waals surface area (Å²) in [5.74, 6) is 0. The van der Waals surface area contributed by atoms with Crippen LogP contribution in [0.2, 0.25) is 10.0 Å². The summed E-state index contributed by atoms with van der Waals surface area (Å²) in [5.41, 5.74) is 7.56. The van der Waals surface area contributed by atoms with E-state index in [-0.39, 0.29) is 0 Å². The van der Waals surface area contributed by atoms with Crippen molar-refractivity contribution in [3.8, 4) is 0 Å². The van der Waals surface area contributed by atoms with Gasteiger partial charge in [0.15, 0.2) is 0 Å². The number of nitrogens with two attached hydrogens (primary N) is 1. The molecule has 3 N–H and O–H groups in total. The molecule has 0 saturated heterocycles. The van der Waals surface area contributed by atoms with Gasteiger partial charge in [0, 0.05) is 21.1 Å². The fraction of sp³-hybridized carbons (Fsp3) is 0.200. The number of aromatic nitrogens is 1. The molecular weight excluding hydrogens is 346 g/mol. The number of fused-ring (bicyclic) bond motifs is 1. The number of halogens is 3. The maximum Gasteiger partial charge on any atom is 0.0833 e. The van der Waals surface area contributed by atoms with E-state index >= 15 is 0 Å². The zero-order valence-corrected chi connectivity index (χ0v) is 11.4. The summed E-state index contributed by atoms with van der Waals surface area (Å²) in [6, 6.07) is 3.79. The number of benzene rings is 1. The van der Waals surface area contributed by atoms with Crippen molar-refractivity contribution in [1.29, 1.82) is 0 Å². The molecule has 0 atom stereocenters. The maximum atomic E-state index is 6.11. The number of aromatic amines is 1. The second kappa shape index (κ2) is 4.49. The minimum absolute atomic E-state index is 0.570. The highest BCUT2D eigenvalue weighted by molar-refractivity contribution is 14.1. The molecule has 80 valence electrons. The molecule has 0 unspecified atom stereocenters. The third-order valence-corrected chi connectivity index (χ3v) is 4.30. The predicted octanol–water partition coefficient (Wildman–Crippen LogP) is 3.58. The fourth-order valence-corrected chi connectivity index (χ4v) is 2.76. The van der Waals surface area contributed by atoms with E-state index in [0.717, 1.165) is 23.0 Å². The molecule has 5 heteroatoms. The average Bonchev–Trinajstić information content (AvgIpc) is 2.52. The van der Waals surface area contributed by atoms with Gasteiger partial charge in [0.25, 0.3) is 0 Å². The smallest absolute Gasteiger partial charge is 0.0833 e. The van der Waals surface area contributed by atoms with Crippen LogP contribution in [0.3, 0.4) is 0 Å². The Morgan fingerprint density at radius 1 is 1.33 bits per heavy atom. The van der Waals surface area contributed by atoms with Crippen molar-refractivity contribution >= 4 is 56.7 Å². The molecule has 0 fully saturated rings. The molecule has 2 rings (SSSR count). The van der Waals surface area contributed by atoms with E-state index in [1.165, 1.54) is 3.57 Å². The summed E-state index contributed by atoms with van der Waals surface area (Å²) >= 11 is 14.4. The monoisotopic (exact) mass is 354 g/mol. The van der Waals surface area contributed by atoms with Crippen molar-refractivity contribution in [3.05, 3.63) is 31.4 Å². The predicted molar refractivity (Wildman–Crippen MR) is 73.8 cm³/mol. The Balaban J connectivity index is 2.70. The molecule has 0 saturated carbocycles. The zero-order chi connectivity index (χ0) is 11.0. The lowest BCUT2D eigenvalue weighted by molar-refractivity contribution is 0.934. The first-order valence-corrected chi connectivity index (χ1v) is 6.32. The lowest BCUT2D eigenvalue weighted by atomic mass is 10.2. The van der Waals surface area contributed by atoms with E-state index in [0.29, 0.717) is 16.6 Å². The van der Waals surface area contributed by atoms with Crippen LogP contribution in [-0.2, 0) is 6.42 Å². The standard InChI is InChI=1S/C10H9Cl2IN2/c11-6-2-1-5-9(13)7(3-4-14)15-10(5)8(6)12/h1-2,15H,3-4,14H2. The number of hydrogen-bond donors (Lipinski definition) is 2. The molecule has 1 heterocycles. The molecular formula is C10H9Cl2IN2. The van der Waals surface area contributed by atoms with Gasteiger partial charge in [-0.3, -0.25) is 0 Å². The van der Waals surface area contributed by atoms with Gasteiger partial charge in [-0.15, -0.1) is 0 Å². The van der Waals surface area contributed by atoms with Gasteiger partial charge in [0.2, 0.25) is 0 Å². The largest absolute Gasteiger partial charge is 0.356 e. The number of rotatable bonds is 2. The van der Waals surface area contributed by atoms with Gasteiger partial charge >= 0.3 is 0 Å². The van der Waals surface area contributed by atoms with E-state index in [4.69, 9.17) is 28.9 Å². The molecule has 2 aromatic rings. The first kappa shape index (κ1) is 11.5. The van der Waals surface area contributed by atoms with Crippen LogP contribution in [0.4, 0.5) is 0 Å². The lowest BCUT2D eigenvalue weighted by Crippen LogP contribution is -2.03. The molecule has 0 bridgehead atoms. The fourth-order valence-electron chi connectivity index (χ4n) is 1.54. The van der Waals surface area contributed by atoms with Gasteiger partial charge in [0.1, 0.15) is 0 Å². The van der Waals surface area contributed by atoms with E-state index in [2.05, 4.69) is 27.6 Å². The second-order valence-electron chi connectivity index (χ2n) is 3.24. The van der Waals surface area contributed by atoms with Gasteiger partial charge in [-0.05, 0) is 35.2 Å². The van der Waals surface area contributed by atoms with Crippen LogP contribution in [0.25, 0.3) is 10.9 Å². The van der Waals surface area contributed by atoms with Crippen LogP contribution in [0.5, 0.6) is 0 Å².